The molecule has 1 fully saturated rings. The van der Waals surface area contributed by atoms with Crippen LogP contribution in [-0.4, -0.2) is 35.3 Å². The van der Waals surface area contributed by atoms with Crippen molar-refractivity contribution in [1.82, 2.24) is 10.2 Å². The van der Waals surface area contributed by atoms with Crippen LogP contribution in [0.3, 0.4) is 0 Å². The SMILES string of the molecule is CN1C(=O)C(C(=O)NC2CCCCC2)=C2CC3C=CC21C=C3. The van der Waals surface area contributed by atoms with E-state index in [0.29, 0.717) is 11.5 Å². The lowest BCUT2D eigenvalue weighted by atomic mass is 9.72. The predicted octanol–water partition coefficient (Wildman–Crippen LogP) is 2.09. The zero-order chi connectivity index (χ0) is 15.3. The van der Waals surface area contributed by atoms with Crippen LogP contribution in [0.25, 0.3) is 0 Å². The second-order valence-electron chi connectivity index (χ2n) is 6.94. The number of nitrogens with one attached hydrogen (secondary N) is 1. The molecule has 4 heteroatoms. The highest BCUT2D eigenvalue weighted by molar-refractivity contribution is 6.22. The summed E-state index contributed by atoms with van der Waals surface area (Å²) < 4.78 is 0. The van der Waals surface area contributed by atoms with Gasteiger partial charge in [-0.25, -0.2) is 0 Å². The lowest BCUT2D eigenvalue weighted by molar-refractivity contribution is -0.129. The minimum Gasteiger partial charge on any atom is -0.349 e. The molecule has 0 aromatic carbocycles. The zero-order valence-corrected chi connectivity index (χ0v) is 13.0. The molecule has 4 aliphatic carbocycles. The van der Waals surface area contributed by atoms with Crippen LogP contribution in [0, 0.1) is 5.92 Å². The molecule has 0 atom stereocenters. The molecule has 5 aliphatic rings. The molecule has 22 heavy (non-hydrogen) atoms. The molecule has 2 amide bonds. The standard InChI is InChI=1S/C18H22N2O2/c1-20-17(22)15(16(21)19-13-5-3-2-4-6-13)14-11-12-7-9-18(14,20)10-8-12/h7-10,12-13H,2-6,11H2,1H3,(H,19,21). The van der Waals surface area contributed by atoms with Crippen molar-refractivity contribution in [3.8, 4) is 0 Å². The Bertz CT molecular complexity index is 609. The predicted molar refractivity (Wildman–Crippen MR) is 83.9 cm³/mol. The van der Waals surface area contributed by atoms with Gasteiger partial charge in [-0.1, -0.05) is 43.6 Å². The molecular weight excluding hydrogens is 276 g/mol. The molecule has 116 valence electrons. The van der Waals surface area contributed by atoms with Gasteiger partial charge in [0.2, 0.25) is 0 Å². The fraction of sp³-hybridized carbons (Fsp3) is 0.556. The van der Waals surface area contributed by atoms with Crippen molar-refractivity contribution in [2.75, 3.05) is 7.05 Å². The first kappa shape index (κ1) is 13.8. The normalized spacial score (nSPS) is 33.6. The largest absolute Gasteiger partial charge is 0.349 e. The average molecular weight is 298 g/mol. The fourth-order valence-electron chi connectivity index (χ4n) is 4.33. The van der Waals surface area contributed by atoms with Crippen LogP contribution in [0.2, 0.25) is 0 Å². The molecule has 5 rings (SSSR count). The van der Waals surface area contributed by atoms with E-state index in [9.17, 15) is 9.59 Å². The Hall–Kier alpha value is -1.84. The average Bonchev–Trinajstić information content (AvgIpc) is 2.77. The number of amides is 2. The second kappa shape index (κ2) is 4.83. The fourth-order valence-corrected chi connectivity index (χ4v) is 4.33. The van der Waals surface area contributed by atoms with E-state index in [1.165, 1.54) is 19.3 Å². The number of carbonyl (C=O) groups is 2. The van der Waals surface area contributed by atoms with E-state index in [2.05, 4.69) is 29.6 Å². The Morgan fingerprint density at radius 2 is 1.91 bits per heavy atom. The first-order chi connectivity index (χ1) is 10.6. The van der Waals surface area contributed by atoms with Gasteiger partial charge in [0.15, 0.2) is 0 Å². The molecule has 0 unspecified atom stereocenters. The Labute approximate surface area is 130 Å². The van der Waals surface area contributed by atoms with Gasteiger partial charge in [-0.3, -0.25) is 9.59 Å². The molecule has 4 nitrogen and oxygen atoms in total. The van der Waals surface area contributed by atoms with E-state index in [-0.39, 0.29) is 17.9 Å². The minimum absolute atomic E-state index is 0.139. The molecule has 1 spiro atoms. The lowest BCUT2D eigenvalue weighted by Crippen LogP contribution is -2.46. The van der Waals surface area contributed by atoms with Gasteiger partial charge in [-0.15, -0.1) is 0 Å². The highest BCUT2D eigenvalue weighted by atomic mass is 16.2. The number of rotatable bonds is 2. The van der Waals surface area contributed by atoms with Gasteiger partial charge in [0.1, 0.15) is 11.1 Å². The van der Waals surface area contributed by atoms with E-state index < -0.39 is 5.54 Å². The lowest BCUT2D eigenvalue weighted by Gasteiger charge is -2.41. The minimum atomic E-state index is -0.481. The van der Waals surface area contributed by atoms with Gasteiger partial charge in [0.05, 0.1) is 0 Å². The van der Waals surface area contributed by atoms with E-state index in [4.69, 9.17) is 0 Å². The van der Waals surface area contributed by atoms with Crippen molar-refractivity contribution in [3.63, 3.8) is 0 Å². The number of hydrogen-bond donors (Lipinski definition) is 1. The number of nitrogens with zero attached hydrogens (tertiary/aromatic N) is 1. The zero-order valence-electron chi connectivity index (χ0n) is 13.0. The molecule has 1 aliphatic heterocycles. The molecule has 0 aromatic heterocycles. The maximum absolute atomic E-state index is 12.7. The van der Waals surface area contributed by atoms with Crippen LogP contribution in [0.5, 0.6) is 0 Å². The van der Waals surface area contributed by atoms with Crippen LogP contribution in [0.4, 0.5) is 0 Å². The quantitative estimate of drug-likeness (QED) is 0.627. The van der Waals surface area contributed by atoms with Gasteiger partial charge in [-0.05, 0) is 30.8 Å². The van der Waals surface area contributed by atoms with Crippen molar-refractivity contribution < 1.29 is 9.59 Å². The van der Waals surface area contributed by atoms with Crippen LogP contribution in [0.1, 0.15) is 38.5 Å². The summed E-state index contributed by atoms with van der Waals surface area (Å²) in [5.41, 5.74) is 0.903. The third-order valence-corrected chi connectivity index (χ3v) is 5.66. The molecule has 1 N–H and O–H groups in total. The van der Waals surface area contributed by atoms with Crippen LogP contribution >= 0.6 is 0 Å². The first-order valence-electron chi connectivity index (χ1n) is 8.33. The van der Waals surface area contributed by atoms with Crippen molar-refractivity contribution >= 4 is 11.8 Å². The number of hydrogen-bond acceptors (Lipinski definition) is 2. The highest BCUT2D eigenvalue weighted by Crippen LogP contribution is 2.47. The molecule has 0 aromatic rings. The summed E-state index contributed by atoms with van der Waals surface area (Å²) in [4.78, 5) is 27.1. The van der Waals surface area contributed by atoms with Gasteiger partial charge in [0.25, 0.3) is 11.8 Å². The molecule has 1 saturated carbocycles. The Balaban J connectivity index is 1.65. The Morgan fingerprint density at radius 1 is 1.23 bits per heavy atom. The molecule has 2 bridgehead atoms. The summed E-state index contributed by atoms with van der Waals surface area (Å²) in [7, 11) is 1.80. The summed E-state index contributed by atoms with van der Waals surface area (Å²) >= 11 is 0. The Kier molecular flexibility index (Phi) is 3.03. The summed E-state index contributed by atoms with van der Waals surface area (Å²) in [6, 6.07) is 0.232. The smallest absolute Gasteiger partial charge is 0.260 e. The summed E-state index contributed by atoms with van der Waals surface area (Å²) in [6.45, 7) is 0. The van der Waals surface area contributed by atoms with Crippen LogP contribution in [0.15, 0.2) is 35.5 Å². The molecule has 1 heterocycles. The summed E-state index contributed by atoms with van der Waals surface area (Å²) in [5, 5.41) is 3.11. The van der Waals surface area contributed by atoms with E-state index in [1.807, 2.05) is 0 Å². The Morgan fingerprint density at radius 3 is 2.59 bits per heavy atom. The van der Waals surface area contributed by atoms with Gasteiger partial charge < -0.3 is 10.2 Å². The third-order valence-electron chi connectivity index (χ3n) is 5.66. The summed E-state index contributed by atoms with van der Waals surface area (Å²) in [6.07, 6.45) is 14.9. The maximum Gasteiger partial charge on any atom is 0.260 e. The number of carbonyl (C=O) groups excluding carboxylic acids is 2. The van der Waals surface area contributed by atoms with E-state index >= 15 is 0 Å². The van der Waals surface area contributed by atoms with Gasteiger partial charge in [0, 0.05) is 13.1 Å². The number of likely N-dealkylation sites (N-methyl/N-ethyl adjacent to an activating group) is 1. The molecule has 0 radical (unpaired) electrons. The van der Waals surface area contributed by atoms with Crippen LogP contribution < -0.4 is 5.32 Å². The van der Waals surface area contributed by atoms with E-state index in [0.717, 1.165) is 24.8 Å². The van der Waals surface area contributed by atoms with Crippen molar-refractivity contribution in [3.05, 3.63) is 35.5 Å². The second-order valence-corrected chi connectivity index (χ2v) is 6.94. The molecular formula is C18H22N2O2. The van der Waals surface area contributed by atoms with Gasteiger partial charge >= 0.3 is 0 Å². The van der Waals surface area contributed by atoms with Gasteiger partial charge in [-0.2, -0.15) is 0 Å². The third kappa shape index (κ3) is 1.82. The summed E-state index contributed by atoms with van der Waals surface area (Å²) in [5.74, 6) is 0.0267. The van der Waals surface area contributed by atoms with Crippen molar-refractivity contribution in [2.45, 2.75) is 50.1 Å². The number of allylic oxidation sites excluding steroid dienone is 2. The first-order valence-corrected chi connectivity index (χ1v) is 8.33. The highest BCUT2D eigenvalue weighted by Gasteiger charge is 2.52. The monoisotopic (exact) mass is 298 g/mol. The van der Waals surface area contributed by atoms with Crippen molar-refractivity contribution in [1.29, 1.82) is 0 Å². The van der Waals surface area contributed by atoms with Crippen molar-refractivity contribution in [2.24, 2.45) is 5.92 Å². The topological polar surface area (TPSA) is 49.4 Å². The van der Waals surface area contributed by atoms with Crippen LogP contribution in [-0.2, 0) is 9.59 Å². The maximum atomic E-state index is 12.7. The van der Waals surface area contributed by atoms with E-state index in [1.54, 1.807) is 11.9 Å². The molecule has 0 saturated heterocycles.